The number of carbonyl (C=O) groups is 2. The van der Waals surface area contributed by atoms with E-state index in [0.29, 0.717) is 13.1 Å². The molecular weight excluding hydrogens is 392 g/mol. The summed E-state index contributed by atoms with van der Waals surface area (Å²) in [5.41, 5.74) is 0.720. The van der Waals surface area contributed by atoms with Gasteiger partial charge in [0.1, 0.15) is 6.61 Å². The molecule has 7 heteroatoms. The Kier molecular flexibility index (Phi) is 5.52. The van der Waals surface area contributed by atoms with E-state index in [1.54, 1.807) is 0 Å². The number of halogens is 1. The van der Waals surface area contributed by atoms with Crippen LogP contribution >= 0.6 is 27.7 Å². The number of hydrogen-bond donors (Lipinski definition) is 0. The zero-order valence-electron chi connectivity index (χ0n) is 13.7. The van der Waals surface area contributed by atoms with E-state index in [1.807, 2.05) is 45.8 Å². The molecule has 1 aromatic rings. The molecule has 2 fully saturated rings. The first kappa shape index (κ1) is 17.8. The third kappa shape index (κ3) is 3.48. The molecule has 0 aromatic heterocycles. The van der Waals surface area contributed by atoms with E-state index in [4.69, 9.17) is 4.74 Å². The number of methoxy groups -OCH3 is 1. The summed E-state index contributed by atoms with van der Waals surface area (Å²) in [6, 6.07) is 7.52. The van der Waals surface area contributed by atoms with Crippen LogP contribution in [-0.4, -0.2) is 65.6 Å². The maximum absolute atomic E-state index is 12.9. The second-order valence-electron chi connectivity index (χ2n) is 6.07. The molecule has 1 spiro atoms. The van der Waals surface area contributed by atoms with Crippen LogP contribution in [0.15, 0.2) is 28.7 Å². The van der Waals surface area contributed by atoms with Gasteiger partial charge in [0.05, 0.1) is 4.87 Å². The number of amides is 2. The summed E-state index contributed by atoms with van der Waals surface area (Å²) in [6.07, 6.45) is 1.63. The van der Waals surface area contributed by atoms with E-state index in [9.17, 15) is 9.59 Å². The van der Waals surface area contributed by atoms with Gasteiger partial charge in [0.25, 0.3) is 5.91 Å². The van der Waals surface area contributed by atoms with Gasteiger partial charge in [0, 0.05) is 42.5 Å². The molecule has 5 nitrogen and oxygen atoms in total. The van der Waals surface area contributed by atoms with Crippen LogP contribution in [0.1, 0.15) is 23.2 Å². The molecule has 0 N–H and O–H groups in total. The van der Waals surface area contributed by atoms with Crippen LogP contribution in [0.4, 0.5) is 0 Å². The highest BCUT2D eigenvalue weighted by Gasteiger charge is 2.46. The van der Waals surface area contributed by atoms with Crippen molar-refractivity contribution in [2.75, 3.05) is 39.1 Å². The van der Waals surface area contributed by atoms with Crippen LogP contribution in [0.25, 0.3) is 0 Å². The van der Waals surface area contributed by atoms with E-state index in [0.717, 1.165) is 35.2 Å². The standard InChI is InChI=1S/C17H21BrN2O3S/c1-23-12-15(21)19-8-6-17(7-9-19)20(10-11-24-17)16(22)13-2-4-14(18)5-3-13/h2-5H,6-12H2,1H3. The van der Waals surface area contributed by atoms with E-state index in [1.165, 1.54) is 7.11 Å². The minimum Gasteiger partial charge on any atom is -0.375 e. The summed E-state index contributed by atoms with van der Waals surface area (Å²) >= 11 is 5.26. The number of likely N-dealkylation sites (tertiary alicyclic amines) is 1. The summed E-state index contributed by atoms with van der Waals surface area (Å²) in [4.78, 5) is 28.6. The van der Waals surface area contributed by atoms with Crippen molar-refractivity contribution < 1.29 is 14.3 Å². The molecule has 0 aliphatic carbocycles. The Morgan fingerprint density at radius 2 is 1.88 bits per heavy atom. The zero-order valence-corrected chi connectivity index (χ0v) is 16.1. The highest BCUT2D eigenvalue weighted by molar-refractivity contribution is 9.10. The van der Waals surface area contributed by atoms with Crippen LogP contribution in [0.3, 0.4) is 0 Å². The van der Waals surface area contributed by atoms with Crippen molar-refractivity contribution in [1.29, 1.82) is 0 Å². The average molecular weight is 413 g/mol. The number of ether oxygens (including phenoxy) is 1. The Morgan fingerprint density at radius 1 is 1.21 bits per heavy atom. The topological polar surface area (TPSA) is 49.9 Å². The normalized spacial score (nSPS) is 19.8. The molecule has 0 radical (unpaired) electrons. The fourth-order valence-corrected chi connectivity index (χ4v) is 5.10. The fourth-order valence-electron chi connectivity index (χ4n) is 3.38. The van der Waals surface area contributed by atoms with Crippen LogP contribution in [-0.2, 0) is 9.53 Å². The molecule has 0 atom stereocenters. The Bertz CT molecular complexity index is 615. The van der Waals surface area contributed by atoms with Crippen LogP contribution in [0.2, 0.25) is 0 Å². The largest absolute Gasteiger partial charge is 0.375 e. The Morgan fingerprint density at radius 3 is 2.50 bits per heavy atom. The summed E-state index contributed by atoms with van der Waals surface area (Å²) < 4.78 is 5.90. The van der Waals surface area contributed by atoms with Crippen molar-refractivity contribution in [2.24, 2.45) is 0 Å². The monoisotopic (exact) mass is 412 g/mol. The first-order chi connectivity index (χ1) is 11.6. The van der Waals surface area contributed by atoms with Crippen LogP contribution in [0.5, 0.6) is 0 Å². The Balaban J connectivity index is 1.70. The van der Waals surface area contributed by atoms with Gasteiger partial charge in [0.2, 0.25) is 5.91 Å². The molecule has 1 aromatic carbocycles. The van der Waals surface area contributed by atoms with Gasteiger partial charge in [-0.3, -0.25) is 9.59 Å². The zero-order chi connectivity index (χ0) is 17.2. The lowest BCUT2D eigenvalue weighted by atomic mass is 10.0. The van der Waals surface area contributed by atoms with E-state index in [-0.39, 0.29) is 23.3 Å². The number of thioether (sulfide) groups is 1. The average Bonchev–Trinajstić information content (AvgIpc) is 2.99. The molecule has 2 amide bonds. The summed E-state index contributed by atoms with van der Waals surface area (Å²) in [5, 5.41) is 0. The molecule has 2 heterocycles. The second-order valence-corrected chi connectivity index (χ2v) is 8.44. The summed E-state index contributed by atoms with van der Waals surface area (Å²) in [6.45, 7) is 2.26. The van der Waals surface area contributed by atoms with Crippen molar-refractivity contribution in [2.45, 2.75) is 17.7 Å². The SMILES string of the molecule is COCC(=O)N1CCC2(CC1)SCCN2C(=O)c1ccc(Br)cc1. The number of rotatable bonds is 3. The maximum Gasteiger partial charge on any atom is 0.254 e. The van der Waals surface area contributed by atoms with Crippen molar-refractivity contribution in [1.82, 2.24) is 9.80 Å². The van der Waals surface area contributed by atoms with Crippen molar-refractivity contribution >= 4 is 39.5 Å². The minimum atomic E-state index is -0.173. The summed E-state index contributed by atoms with van der Waals surface area (Å²) in [7, 11) is 1.54. The molecule has 2 aliphatic heterocycles. The molecule has 0 unspecified atom stereocenters. The fraction of sp³-hybridized carbons (Fsp3) is 0.529. The molecule has 0 saturated carbocycles. The van der Waals surface area contributed by atoms with Gasteiger partial charge in [-0.2, -0.15) is 0 Å². The van der Waals surface area contributed by atoms with Crippen LogP contribution in [0, 0.1) is 0 Å². The van der Waals surface area contributed by atoms with Gasteiger partial charge in [0.15, 0.2) is 0 Å². The molecule has 130 valence electrons. The van der Waals surface area contributed by atoms with E-state index < -0.39 is 0 Å². The third-order valence-corrected chi connectivity index (χ3v) is 6.76. The predicted molar refractivity (Wildman–Crippen MR) is 98.1 cm³/mol. The van der Waals surface area contributed by atoms with Crippen molar-refractivity contribution in [3.63, 3.8) is 0 Å². The number of benzene rings is 1. The predicted octanol–water partition coefficient (Wildman–Crippen LogP) is 2.60. The highest BCUT2D eigenvalue weighted by atomic mass is 79.9. The van der Waals surface area contributed by atoms with Gasteiger partial charge in [-0.15, -0.1) is 11.8 Å². The number of nitrogens with zero attached hydrogens (tertiary/aromatic N) is 2. The summed E-state index contributed by atoms with van der Waals surface area (Å²) in [5.74, 6) is 1.07. The Hall–Kier alpha value is -1.05. The smallest absolute Gasteiger partial charge is 0.254 e. The van der Waals surface area contributed by atoms with Crippen molar-refractivity contribution in [3.05, 3.63) is 34.3 Å². The van der Waals surface area contributed by atoms with Gasteiger partial charge >= 0.3 is 0 Å². The number of piperidine rings is 1. The van der Waals surface area contributed by atoms with Gasteiger partial charge < -0.3 is 14.5 Å². The van der Waals surface area contributed by atoms with Crippen LogP contribution < -0.4 is 0 Å². The van der Waals surface area contributed by atoms with Gasteiger partial charge in [-0.05, 0) is 37.1 Å². The molecule has 24 heavy (non-hydrogen) atoms. The first-order valence-electron chi connectivity index (χ1n) is 8.04. The van der Waals surface area contributed by atoms with Gasteiger partial charge in [-0.25, -0.2) is 0 Å². The molecular formula is C17H21BrN2O3S. The molecule has 2 aliphatic rings. The lowest BCUT2D eigenvalue weighted by Gasteiger charge is -2.44. The lowest BCUT2D eigenvalue weighted by molar-refractivity contribution is -0.136. The molecule has 0 bridgehead atoms. The van der Waals surface area contributed by atoms with E-state index in [2.05, 4.69) is 15.9 Å². The van der Waals surface area contributed by atoms with Crippen molar-refractivity contribution in [3.8, 4) is 0 Å². The quantitative estimate of drug-likeness (QED) is 0.765. The molecule has 3 rings (SSSR count). The highest BCUT2D eigenvalue weighted by Crippen LogP contribution is 2.44. The van der Waals surface area contributed by atoms with E-state index >= 15 is 0 Å². The lowest BCUT2D eigenvalue weighted by Crippen LogP contribution is -2.54. The Labute approximate surface area is 154 Å². The van der Waals surface area contributed by atoms with Gasteiger partial charge in [-0.1, -0.05) is 15.9 Å². The second kappa shape index (κ2) is 7.45. The first-order valence-corrected chi connectivity index (χ1v) is 9.82. The molecule has 2 saturated heterocycles. The third-order valence-electron chi connectivity index (χ3n) is 4.68. The number of carbonyl (C=O) groups excluding carboxylic acids is 2. The minimum absolute atomic E-state index is 0.0288. The number of hydrogen-bond acceptors (Lipinski definition) is 4. The maximum atomic E-state index is 12.9.